The lowest BCUT2D eigenvalue weighted by Gasteiger charge is -2.38. The molecule has 3 aromatic rings. The first-order valence-electron chi connectivity index (χ1n) is 14.8. The van der Waals surface area contributed by atoms with Gasteiger partial charge in [-0.25, -0.2) is 13.2 Å². The molecule has 2 aliphatic carbocycles. The highest BCUT2D eigenvalue weighted by Crippen LogP contribution is 2.45. The van der Waals surface area contributed by atoms with Crippen LogP contribution in [0.15, 0.2) is 60.9 Å². The van der Waals surface area contributed by atoms with Gasteiger partial charge in [0.1, 0.15) is 0 Å². The standard InChI is InChI=1S/C35H38F4O/c1-3-21-40-31-20-19-30(34(38)35(31)39)27-15-13-26(14-16-27)29-18-17-28(32(36)33(29)37)25-11-9-24(10-12-25)23-7-5-22(4-2)6-8-23/h3,13-25H,4-12H2,1-2H3/b21-3-. The third-order valence-corrected chi connectivity index (χ3v) is 9.34. The summed E-state index contributed by atoms with van der Waals surface area (Å²) >= 11 is 0. The van der Waals surface area contributed by atoms with Gasteiger partial charge >= 0.3 is 0 Å². The molecule has 0 aliphatic heterocycles. The number of ether oxygens (including phenoxy) is 1. The van der Waals surface area contributed by atoms with E-state index in [9.17, 15) is 8.78 Å². The number of hydrogen-bond acceptors (Lipinski definition) is 1. The van der Waals surface area contributed by atoms with E-state index < -0.39 is 23.3 Å². The fourth-order valence-corrected chi connectivity index (χ4v) is 6.89. The topological polar surface area (TPSA) is 9.23 Å². The second-order valence-electron chi connectivity index (χ2n) is 11.5. The Hall–Kier alpha value is -3.08. The van der Waals surface area contributed by atoms with Crippen LogP contribution in [-0.4, -0.2) is 0 Å². The van der Waals surface area contributed by atoms with Crippen LogP contribution < -0.4 is 4.74 Å². The summed E-state index contributed by atoms with van der Waals surface area (Å²) in [4.78, 5) is 0. The van der Waals surface area contributed by atoms with E-state index in [0.717, 1.165) is 43.4 Å². The average molecular weight is 551 g/mol. The smallest absolute Gasteiger partial charge is 0.201 e. The van der Waals surface area contributed by atoms with Crippen molar-refractivity contribution in [2.45, 2.75) is 77.6 Å². The second-order valence-corrected chi connectivity index (χ2v) is 11.5. The first-order chi connectivity index (χ1) is 19.4. The van der Waals surface area contributed by atoms with Gasteiger partial charge in [0.25, 0.3) is 0 Å². The summed E-state index contributed by atoms with van der Waals surface area (Å²) in [7, 11) is 0. The fourth-order valence-electron chi connectivity index (χ4n) is 6.89. The molecular formula is C35H38F4O. The predicted octanol–water partition coefficient (Wildman–Crippen LogP) is 11.0. The zero-order valence-electron chi connectivity index (χ0n) is 23.4. The van der Waals surface area contributed by atoms with Gasteiger partial charge in [-0.3, -0.25) is 0 Å². The molecule has 0 N–H and O–H groups in total. The van der Waals surface area contributed by atoms with Crippen LogP contribution in [0.4, 0.5) is 17.6 Å². The number of halogens is 4. The molecule has 0 bridgehead atoms. The van der Waals surface area contributed by atoms with Crippen LogP contribution in [0.5, 0.6) is 5.75 Å². The third-order valence-electron chi connectivity index (χ3n) is 9.34. The van der Waals surface area contributed by atoms with Crippen molar-refractivity contribution in [1.29, 1.82) is 0 Å². The second kappa shape index (κ2) is 12.6. The Labute approximate surface area is 235 Å². The van der Waals surface area contributed by atoms with Gasteiger partial charge in [0, 0.05) is 11.1 Å². The Balaban J connectivity index is 1.27. The van der Waals surface area contributed by atoms with E-state index in [1.54, 1.807) is 49.4 Å². The maximum Gasteiger partial charge on any atom is 0.201 e. The molecule has 5 rings (SSSR count). The van der Waals surface area contributed by atoms with Gasteiger partial charge in [-0.15, -0.1) is 0 Å². The molecule has 2 fully saturated rings. The normalized spacial score (nSPS) is 23.4. The van der Waals surface area contributed by atoms with Crippen LogP contribution in [0.25, 0.3) is 22.3 Å². The zero-order valence-corrected chi connectivity index (χ0v) is 23.4. The maximum atomic E-state index is 15.4. The summed E-state index contributed by atoms with van der Waals surface area (Å²) in [6.45, 7) is 3.99. The maximum absolute atomic E-state index is 15.4. The fraction of sp³-hybridized carbons (Fsp3) is 0.429. The minimum absolute atomic E-state index is 0.0480. The predicted molar refractivity (Wildman–Crippen MR) is 153 cm³/mol. The van der Waals surface area contributed by atoms with Gasteiger partial charge in [0.2, 0.25) is 5.82 Å². The van der Waals surface area contributed by atoms with Crippen LogP contribution in [0.1, 0.15) is 83.1 Å². The number of benzene rings is 3. The third kappa shape index (κ3) is 5.84. The lowest BCUT2D eigenvalue weighted by Crippen LogP contribution is -2.25. The Bertz CT molecular complexity index is 1330. The molecule has 0 aromatic heterocycles. The summed E-state index contributed by atoms with van der Waals surface area (Å²) in [5.74, 6) is -1.49. The minimum atomic E-state index is -1.08. The Kier molecular flexibility index (Phi) is 8.97. The van der Waals surface area contributed by atoms with Crippen LogP contribution in [0.2, 0.25) is 0 Å². The van der Waals surface area contributed by atoms with Crippen molar-refractivity contribution in [2.24, 2.45) is 17.8 Å². The summed E-state index contributed by atoms with van der Waals surface area (Å²) in [6, 6.07) is 12.6. The van der Waals surface area contributed by atoms with E-state index in [2.05, 4.69) is 6.92 Å². The molecule has 212 valence electrons. The highest BCUT2D eigenvalue weighted by atomic mass is 19.2. The molecule has 40 heavy (non-hydrogen) atoms. The molecular weight excluding hydrogens is 512 g/mol. The quantitative estimate of drug-likeness (QED) is 0.210. The van der Waals surface area contributed by atoms with Crippen molar-refractivity contribution in [1.82, 2.24) is 0 Å². The van der Waals surface area contributed by atoms with Gasteiger partial charge in [-0.2, -0.15) is 4.39 Å². The first-order valence-corrected chi connectivity index (χ1v) is 14.8. The Morgan fingerprint density at radius 1 is 0.650 bits per heavy atom. The molecule has 0 unspecified atom stereocenters. The molecule has 0 amide bonds. The molecule has 3 aromatic carbocycles. The van der Waals surface area contributed by atoms with Crippen molar-refractivity contribution in [3.8, 4) is 28.0 Å². The number of allylic oxidation sites excluding steroid dienone is 1. The lowest BCUT2D eigenvalue weighted by atomic mass is 9.68. The molecule has 0 saturated heterocycles. The monoisotopic (exact) mass is 550 g/mol. The molecule has 0 atom stereocenters. The van der Waals surface area contributed by atoms with Crippen molar-refractivity contribution < 1.29 is 22.3 Å². The van der Waals surface area contributed by atoms with Crippen LogP contribution >= 0.6 is 0 Å². The van der Waals surface area contributed by atoms with Crippen molar-refractivity contribution in [3.63, 3.8) is 0 Å². The number of rotatable bonds is 7. The minimum Gasteiger partial charge on any atom is -0.462 e. The highest BCUT2D eigenvalue weighted by Gasteiger charge is 2.32. The number of hydrogen-bond donors (Lipinski definition) is 0. The summed E-state index contributed by atoms with van der Waals surface area (Å²) in [5.41, 5.74) is 1.61. The molecule has 2 aliphatic rings. The van der Waals surface area contributed by atoms with Crippen LogP contribution in [0, 0.1) is 41.0 Å². The van der Waals surface area contributed by atoms with Crippen molar-refractivity contribution >= 4 is 0 Å². The van der Waals surface area contributed by atoms with E-state index in [1.165, 1.54) is 50.5 Å². The SMILES string of the molecule is C/C=C\Oc1ccc(-c2ccc(-c3ccc(C4CCC(C5CCC(CC)CC5)CC4)c(F)c3F)cc2)c(F)c1F. The lowest BCUT2D eigenvalue weighted by molar-refractivity contribution is 0.158. The van der Waals surface area contributed by atoms with Crippen LogP contribution in [0.3, 0.4) is 0 Å². The first kappa shape index (κ1) is 28.4. The van der Waals surface area contributed by atoms with Gasteiger partial charge in [-0.1, -0.05) is 68.7 Å². The van der Waals surface area contributed by atoms with E-state index in [-0.39, 0.29) is 22.8 Å². The van der Waals surface area contributed by atoms with Crippen molar-refractivity contribution in [2.75, 3.05) is 0 Å². The molecule has 0 radical (unpaired) electrons. The average Bonchev–Trinajstić information content (AvgIpc) is 3.00. The van der Waals surface area contributed by atoms with Crippen molar-refractivity contribution in [3.05, 3.63) is 89.7 Å². The summed E-state index contributed by atoms with van der Waals surface area (Å²) in [5, 5.41) is 0. The zero-order chi connectivity index (χ0) is 28.2. The largest absolute Gasteiger partial charge is 0.462 e. The summed E-state index contributed by atoms with van der Waals surface area (Å²) in [6.07, 6.45) is 13.4. The van der Waals surface area contributed by atoms with Gasteiger partial charge in [-0.05, 0) is 97.9 Å². The van der Waals surface area contributed by atoms with E-state index in [0.29, 0.717) is 16.7 Å². The Morgan fingerprint density at radius 3 is 1.73 bits per heavy atom. The van der Waals surface area contributed by atoms with E-state index in [4.69, 9.17) is 4.74 Å². The molecule has 0 spiro atoms. The van der Waals surface area contributed by atoms with Gasteiger partial charge < -0.3 is 4.74 Å². The molecule has 5 heteroatoms. The molecule has 2 saturated carbocycles. The summed E-state index contributed by atoms with van der Waals surface area (Å²) < 4.78 is 64.9. The van der Waals surface area contributed by atoms with Gasteiger partial charge in [0.15, 0.2) is 23.2 Å². The van der Waals surface area contributed by atoms with Gasteiger partial charge in [0.05, 0.1) is 6.26 Å². The highest BCUT2D eigenvalue weighted by molar-refractivity contribution is 5.72. The molecule has 1 nitrogen and oxygen atoms in total. The molecule has 0 heterocycles. The Morgan fingerprint density at radius 2 is 1.18 bits per heavy atom. The van der Waals surface area contributed by atoms with E-state index in [1.807, 2.05) is 0 Å². The van der Waals surface area contributed by atoms with Crippen LogP contribution in [-0.2, 0) is 0 Å². The van der Waals surface area contributed by atoms with E-state index >= 15 is 8.78 Å².